The molecule has 1 unspecified atom stereocenters. The Morgan fingerprint density at radius 3 is 2.79 bits per heavy atom. The average molecular weight is 309 g/mol. The average Bonchev–Trinajstić information content (AvgIpc) is 2.45. The summed E-state index contributed by atoms with van der Waals surface area (Å²) in [5.74, 6) is 0.795. The van der Waals surface area contributed by atoms with Crippen molar-refractivity contribution in [1.29, 1.82) is 0 Å². The van der Waals surface area contributed by atoms with Crippen molar-refractivity contribution in [3.8, 4) is 0 Å². The van der Waals surface area contributed by atoms with E-state index in [9.17, 15) is 5.11 Å². The first-order chi connectivity index (χ1) is 6.46. The van der Waals surface area contributed by atoms with Crippen LogP contribution in [0.15, 0.2) is 6.20 Å². The van der Waals surface area contributed by atoms with Crippen LogP contribution >= 0.6 is 22.6 Å². The number of nitrogens with zero attached hydrogens (tertiary/aromatic N) is 2. The van der Waals surface area contributed by atoms with E-state index in [1.54, 1.807) is 6.20 Å². The zero-order chi connectivity index (χ0) is 10.8. The fraction of sp³-hybridized carbons (Fsp3) is 0.667. The molecule has 4 nitrogen and oxygen atoms in total. The van der Waals surface area contributed by atoms with Crippen LogP contribution in [0.1, 0.15) is 20.3 Å². The number of anilines is 1. The molecule has 1 aromatic rings. The van der Waals surface area contributed by atoms with E-state index in [0.717, 1.165) is 16.1 Å². The first kappa shape index (κ1) is 11.8. The Labute approximate surface area is 97.9 Å². The summed E-state index contributed by atoms with van der Waals surface area (Å²) in [6, 6.07) is 0. The quantitative estimate of drug-likeness (QED) is 0.831. The molecule has 0 saturated carbocycles. The SMILES string of the molecule is CCC(C)(O)CNc1ncc(I)n1C. The Bertz CT molecular complexity index is 309. The van der Waals surface area contributed by atoms with Crippen molar-refractivity contribution in [2.75, 3.05) is 11.9 Å². The number of hydrogen-bond donors (Lipinski definition) is 2. The van der Waals surface area contributed by atoms with Gasteiger partial charge in [0.15, 0.2) is 0 Å². The maximum Gasteiger partial charge on any atom is 0.203 e. The molecule has 1 aromatic heterocycles. The van der Waals surface area contributed by atoms with E-state index in [1.165, 1.54) is 0 Å². The molecule has 1 atom stereocenters. The molecule has 1 heterocycles. The number of nitrogens with one attached hydrogen (secondary N) is 1. The Morgan fingerprint density at radius 2 is 2.36 bits per heavy atom. The molecule has 0 spiro atoms. The summed E-state index contributed by atoms with van der Waals surface area (Å²) in [5, 5.41) is 12.9. The van der Waals surface area contributed by atoms with E-state index in [1.807, 2.05) is 25.5 Å². The predicted octanol–water partition coefficient (Wildman–Crippen LogP) is 1.60. The van der Waals surface area contributed by atoms with Gasteiger partial charge < -0.3 is 15.0 Å². The summed E-state index contributed by atoms with van der Waals surface area (Å²) < 4.78 is 3.02. The van der Waals surface area contributed by atoms with Gasteiger partial charge in [0.1, 0.15) is 3.70 Å². The summed E-state index contributed by atoms with van der Waals surface area (Å²) in [7, 11) is 1.94. The molecule has 0 radical (unpaired) electrons. The van der Waals surface area contributed by atoms with Crippen molar-refractivity contribution >= 4 is 28.5 Å². The van der Waals surface area contributed by atoms with Gasteiger partial charge in [-0.05, 0) is 35.9 Å². The van der Waals surface area contributed by atoms with Crippen LogP contribution in [0.3, 0.4) is 0 Å². The molecule has 0 fully saturated rings. The molecule has 0 amide bonds. The standard InChI is InChI=1S/C9H16IN3O/c1-4-9(2,14)6-12-8-11-5-7(10)13(8)3/h5,14H,4,6H2,1-3H3,(H,11,12). The van der Waals surface area contributed by atoms with E-state index in [4.69, 9.17) is 0 Å². The van der Waals surface area contributed by atoms with Crippen molar-refractivity contribution in [3.63, 3.8) is 0 Å². The number of aromatic nitrogens is 2. The lowest BCUT2D eigenvalue weighted by Crippen LogP contribution is -2.33. The van der Waals surface area contributed by atoms with Gasteiger partial charge >= 0.3 is 0 Å². The maximum atomic E-state index is 9.78. The van der Waals surface area contributed by atoms with Crippen LogP contribution in [0.4, 0.5) is 5.95 Å². The lowest BCUT2D eigenvalue weighted by molar-refractivity contribution is 0.0695. The molecule has 0 bridgehead atoms. The Kier molecular flexibility index (Phi) is 3.77. The molecule has 1 rings (SSSR count). The van der Waals surface area contributed by atoms with Crippen LogP contribution in [-0.2, 0) is 7.05 Å². The summed E-state index contributed by atoms with van der Waals surface area (Å²) in [6.07, 6.45) is 2.52. The highest BCUT2D eigenvalue weighted by atomic mass is 127. The smallest absolute Gasteiger partial charge is 0.203 e. The van der Waals surface area contributed by atoms with Gasteiger partial charge in [-0.15, -0.1) is 0 Å². The molecule has 14 heavy (non-hydrogen) atoms. The summed E-state index contributed by atoms with van der Waals surface area (Å²) in [6.45, 7) is 4.29. The molecule has 2 N–H and O–H groups in total. The van der Waals surface area contributed by atoms with Crippen LogP contribution in [0, 0.1) is 3.70 Å². The highest BCUT2D eigenvalue weighted by Gasteiger charge is 2.17. The first-order valence-electron chi connectivity index (χ1n) is 4.60. The second-order valence-corrected chi connectivity index (χ2v) is 4.77. The van der Waals surface area contributed by atoms with Gasteiger partial charge in [0.05, 0.1) is 11.8 Å². The lowest BCUT2D eigenvalue weighted by Gasteiger charge is -2.21. The number of rotatable bonds is 4. The molecule has 0 aliphatic rings. The molecular formula is C9H16IN3O. The fourth-order valence-corrected chi connectivity index (χ4v) is 1.32. The molecule has 80 valence electrons. The van der Waals surface area contributed by atoms with Crippen molar-refractivity contribution in [2.24, 2.45) is 7.05 Å². The number of hydrogen-bond acceptors (Lipinski definition) is 3. The van der Waals surface area contributed by atoms with E-state index >= 15 is 0 Å². The second kappa shape index (κ2) is 4.48. The third-order valence-electron chi connectivity index (χ3n) is 2.32. The lowest BCUT2D eigenvalue weighted by atomic mass is 10.0. The highest BCUT2D eigenvalue weighted by Crippen LogP contribution is 2.13. The van der Waals surface area contributed by atoms with Crippen LogP contribution in [-0.4, -0.2) is 26.8 Å². The molecule has 0 aromatic carbocycles. The molecule has 0 aliphatic carbocycles. The highest BCUT2D eigenvalue weighted by molar-refractivity contribution is 14.1. The second-order valence-electron chi connectivity index (χ2n) is 3.67. The maximum absolute atomic E-state index is 9.78. The van der Waals surface area contributed by atoms with Gasteiger partial charge in [-0.3, -0.25) is 0 Å². The van der Waals surface area contributed by atoms with Crippen LogP contribution in [0.5, 0.6) is 0 Å². The van der Waals surface area contributed by atoms with Gasteiger partial charge in [0.25, 0.3) is 0 Å². The Hall–Kier alpha value is -0.300. The van der Waals surface area contributed by atoms with Gasteiger partial charge in [0, 0.05) is 13.6 Å². The number of halogens is 1. The first-order valence-corrected chi connectivity index (χ1v) is 5.67. The minimum atomic E-state index is -0.669. The summed E-state index contributed by atoms with van der Waals surface area (Å²) in [4.78, 5) is 4.19. The minimum Gasteiger partial charge on any atom is -0.388 e. The molecular weight excluding hydrogens is 293 g/mol. The zero-order valence-electron chi connectivity index (χ0n) is 8.71. The van der Waals surface area contributed by atoms with Crippen LogP contribution < -0.4 is 5.32 Å². The normalized spacial score (nSPS) is 15.2. The van der Waals surface area contributed by atoms with E-state index in [0.29, 0.717) is 6.54 Å². The van der Waals surface area contributed by atoms with Crippen molar-refractivity contribution < 1.29 is 5.11 Å². The van der Waals surface area contributed by atoms with Crippen molar-refractivity contribution in [1.82, 2.24) is 9.55 Å². The van der Waals surface area contributed by atoms with Gasteiger partial charge in [-0.2, -0.15) is 0 Å². The van der Waals surface area contributed by atoms with Crippen LogP contribution in [0.2, 0.25) is 0 Å². The minimum absolute atomic E-state index is 0.518. The number of aliphatic hydroxyl groups is 1. The fourth-order valence-electron chi connectivity index (χ4n) is 0.947. The van der Waals surface area contributed by atoms with E-state index in [2.05, 4.69) is 32.9 Å². The largest absolute Gasteiger partial charge is 0.388 e. The summed E-state index contributed by atoms with van der Waals surface area (Å²) in [5.41, 5.74) is -0.669. The van der Waals surface area contributed by atoms with Gasteiger partial charge in [0.2, 0.25) is 5.95 Å². The van der Waals surface area contributed by atoms with Gasteiger partial charge in [-0.25, -0.2) is 4.98 Å². The molecule has 5 heteroatoms. The van der Waals surface area contributed by atoms with E-state index < -0.39 is 5.60 Å². The molecule has 0 aliphatic heterocycles. The predicted molar refractivity (Wildman–Crippen MR) is 65.3 cm³/mol. The van der Waals surface area contributed by atoms with Crippen LogP contribution in [0.25, 0.3) is 0 Å². The van der Waals surface area contributed by atoms with Crippen molar-refractivity contribution in [2.45, 2.75) is 25.9 Å². The zero-order valence-corrected chi connectivity index (χ0v) is 10.9. The number of imidazole rings is 1. The topological polar surface area (TPSA) is 50.1 Å². The summed E-state index contributed by atoms with van der Waals surface area (Å²) >= 11 is 2.21. The van der Waals surface area contributed by atoms with Gasteiger partial charge in [-0.1, -0.05) is 6.92 Å². The monoisotopic (exact) mass is 309 g/mol. The molecule has 0 saturated heterocycles. The third-order valence-corrected chi connectivity index (χ3v) is 3.32. The van der Waals surface area contributed by atoms with Crippen molar-refractivity contribution in [3.05, 3.63) is 9.90 Å². The Morgan fingerprint density at radius 1 is 1.71 bits per heavy atom. The Balaban J connectivity index is 2.58. The van der Waals surface area contributed by atoms with E-state index in [-0.39, 0.29) is 0 Å². The third kappa shape index (κ3) is 2.84.